The molecule has 3 fully saturated rings. The molecule has 0 radical (unpaired) electrons. The molecule has 1 amide bonds. The third-order valence-electron chi connectivity index (χ3n) is 9.22. The van der Waals surface area contributed by atoms with Gasteiger partial charge in [0, 0.05) is 43.3 Å². The first kappa shape index (κ1) is 23.7. The minimum atomic E-state index is 0.0760. The van der Waals surface area contributed by atoms with Crippen LogP contribution >= 0.6 is 0 Å². The van der Waals surface area contributed by atoms with E-state index >= 15 is 0 Å². The summed E-state index contributed by atoms with van der Waals surface area (Å²) < 4.78 is 13.7. The lowest BCUT2D eigenvalue weighted by Crippen LogP contribution is -2.52. The van der Waals surface area contributed by atoms with E-state index in [4.69, 9.17) is 9.47 Å². The molecule has 2 saturated carbocycles. The van der Waals surface area contributed by atoms with Crippen molar-refractivity contribution in [3.63, 3.8) is 0 Å². The second kappa shape index (κ2) is 8.87. The average Bonchev–Trinajstić information content (AvgIpc) is 3.45. The van der Waals surface area contributed by atoms with Crippen molar-refractivity contribution >= 4 is 16.8 Å². The van der Waals surface area contributed by atoms with Crippen molar-refractivity contribution in [2.45, 2.75) is 66.0 Å². The smallest absolute Gasteiger partial charge is 0.254 e. The molecule has 6 nitrogen and oxygen atoms in total. The molecule has 2 unspecified atom stereocenters. The van der Waals surface area contributed by atoms with Gasteiger partial charge in [-0.25, -0.2) is 0 Å². The number of carbonyl (C=O) groups is 1. The van der Waals surface area contributed by atoms with Crippen LogP contribution in [0.2, 0.25) is 0 Å². The van der Waals surface area contributed by atoms with Crippen LogP contribution in [-0.2, 0) is 17.7 Å². The van der Waals surface area contributed by atoms with Crippen molar-refractivity contribution < 1.29 is 14.3 Å². The number of rotatable bonds is 7. The minimum absolute atomic E-state index is 0.0760. The fraction of sp³-hybridized carbons (Fsp3) is 0.679. The molecule has 1 saturated heterocycles. The normalized spacial score (nSPS) is 28.5. The quantitative estimate of drug-likeness (QED) is 0.652. The highest BCUT2D eigenvalue weighted by atomic mass is 16.5. The van der Waals surface area contributed by atoms with Gasteiger partial charge in [0.1, 0.15) is 5.75 Å². The van der Waals surface area contributed by atoms with E-state index in [0.29, 0.717) is 5.92 Å². The number of para-hydroxylation sites is 1. The molecule has 34 heavy (non-hydrogen) atoms. The number of aromatic nitrogens is 1. The van der Waals surface area contributed by atoms with Crippen LogP contribution in [0.3, 0.4) is 0 Å². The molecule has 1 aromatic heterocycles. The van der Waals surface area contributed by atoms with E-state index in [1.54, 1.807) is 7.11 Å². The van der Waals surface area contributed by atoms with Gasteiger partial charge in [0.25, 0.3) is 5.91 Å². The molecular weight excluding hydrogens is 426 g/mol. The third-order valence-corrected chi connectivity index (χ3v) is 9.22. The monoisotopic (exact) mass is 467 g/mol. The van der Waals surface area contributed by atoms with Crippen LogP contribution in [0.15, 0.2) is 18.2 Å². The predicted octanol–water partition coefficient (Wildman–Crippen LogP) is 4.49. The van der Waals surface area contributed by atoms with Gasteiger partial charge in [0.05, 0.1) is 31.4 Å². The first-order valence-corrected chi connectivity index (χ1v) is 13.1. The van der Waals surface area contributed by atoms with E-state index < -0.39 is 0 Å². The molecule has 2 aliphatic carbocycles. The zero-order valence-corrected chi connectivity index (χ0v) is 21.6. The van der Waals surface area contributed by atoms with E-state index in [1.807, 2.05) is 12.1 Å². The van der Waals surface area contributed by atoms with Crippen molar-refractivity contribution in [2.75, 3.05) is 40.0 Å². The van der Waals surface area contributed by atoms with Crippen molar-refractivity contribution in [3.05, 3.63) is 29.5 Å². The van der Waals surface area contributed by atoms with Gasteiger partial charge in [0.2, 0.25) is 0 Å². The molecule has 3 aliphatic rings. The van der Waals surface area contributed by atoms with Crippen LogP contribution in [0.4, 0.5) is 0 Å². The highest BCUT2D eigenvalue weighted by molar-refractivity contribution is 6.10. The number of ether oxygens (including phenoxy) is 2. The third kappa shape index (κ3) is 3.74. The Labute approximate surface area is 204 Å². The Morgan fingerprint density at radius 1 is 1.21 bits per heavy atom. The van der Waals surface area contributed by atoms with Crippen LogP contribution in [-0.4, -0.2) is 61.4 Å². The number of nitrogens with one attached hydrogen (secondary N) is 1. The molecule has 0 spiro atoms. The topological polar surface area (TPSA) is 55.7 Å². The van der Waals surface area contributed by atoms with E-state index in [0.717, 1.165) is 73.7 Å². The fourth-order valence-corrected chi connectivity index (χ4v) is 7.39. The summed E-state index contributed by atoms with van der Waals surface area (Å²) in [7, 11) is 1.72. The maximum Gasteiger partial charge on any atom is 0.254 e. The van der Waals surface area contributed by atoms with Gasteiger partial charge in [0.15, 0.2) is 0 Å². The lowest BCUT2D eigenvalue weighted by Gasteiger charge is -2.43. The Morgan fingerprint density at radius 3 is 2.62 bits per heavy atom. The molecule has 1 N–H and O–H groups in total. The average molecular weight is 468 g/mol. The Bertz CT molecular complexity index is 1060. The Hall–Kier alpha value is -2.05. The highest BCUT2D eigenvalue weighted by Gasteiger charge is 2.59. The van der Waals surface area contributed by atoms with E-state index in [-0.39, 0.29) is 22.8 Å². The van der Waals surface area contributed by atoms with Crippen molar-refractivity contribution in [2.24, 2.45) is 16.7 Å². The first-order chi connectivity index (χ1) is 16.3. The van der Waals surface area contributed by atoms with Gasteiger partial charge in [-0.05, 0) is 48.5 Å². The van der Waals surface area contributed by atoms with E-state index in [2.05, 4.69) is 48.5 Å². The van der Waals surface area contributed by atoms with Gasteiger partial charge in [-0.2, -0.15) is 0 Å². The largest absolute Gasteiger partial charge is 0.495 e. The summed E-state index contributed by atoms with van der Waals surface area (Å²) in [5.41, 5.74) is 3.31. The van der Waals surface area contributed by atoms with Crippen LogP contribution in [0.1, 0.15) is 63.0 Å². The maximum absolute atomic E-state index is 14.0. The zero-order valence-electron chi connectivity index (χ0n) is 21.6. The Kier molecular flexibility index (Phi) is 6.18. The molecule has 2 heterocycles. The number of hydrogen-bond acceptors (Lipinski definition) is 4. The number of carbonyl (C=O) groups excluding carboxylic acids is 1. The minimum Gasteiger partial charge on any atom is -0.495 e. The summed E-state index contributed by atoms with van der Waals surface area (Å²) in [6, 6.07) is 6.31. The molecule has 1 aromatic carbocycles. The summed E-state index contributed by atoms with van der Waals surface area (Å²) in [4.78, 5) is 16.5. The van der Waals surface area contributed by atoms with E-state index in [9.17, 15) is 4.79 Å². The Balaban J connectivity index is 1.52. The molecule has 186 valence electrons. The molecular formula is C28H41N3O3. The number of nitrogens with zero attached hydrogens (tertiary/aromatic N) is 2. The van der Waals surface area contributed by atoms with Gasteiger partial charge < -0.3 is 19.4 Å². The molecule has 2 aromatic rings. The predicted molar refractivity (Wildman–Crippen MR) is 136 cm³/mol. The molecule has 1 aliphatic heterocycles. The number of benzene rings is 1. The number of hydrogen-bond donors (Lipinski definition) is 1. The summed E-state index contributed by atoms with van der Waals surface area (Å²) in [6.45, 7) is 14.5. The first-order valence-electron chi connectivity index (χ1n) is 13.1. The zero-order chi connectivity index (χ0) is 24.1. The maximum atomic E-state index is 14.0. The molecule has 3 atom stereocenters. The number of methoxy groups -OCH3 is 1. The van der Waals surface area contributed by atoms with Gasteiger partial charge in [-0.1, -0.05) is 39.8 Å². The van der Waals surface area contributed by atoms with Crippen molar-refractivity contribution in [3.8, 4) is 5.75 Å². The van der Waals surface area contributed by atoms with Gasteiger partial charge in [-0.15, -0.1) is 0 Å². The lowest BCUT2D eigenvalue weighted by atomic mass is 9.68. The van der Waals surface area contributed by atoms with Gasteiger partial charge in [-0.3, -0.25) is 9.69 Å². The molecule has 5 rings (SSSR count). The van der Waals surface area contributed by atoms with Crippen LogP contribution < -0.4 is 10.1 Å². The number of morpholine rings is 1. The van der Waals surface area contributed by atoms with E-state index in [1.165, 1.54) is 19.3 Å². The van der Waals surface area contributed by atoms with Crippen LogP contribution in [0.5, 0.6) is 5.75 Å². The SMILES string of the molecule is CCc1c(C(=O)N[C@H]2C3(C)CCC(C3)C2(C)C)c2cccc(OC)c2n1CCN1CCOCC1. The van der Waals surface area contributed by atoms with Crippen molar-refractivity contribution in [1.29, 1.82) is 0 Å². The number of amides is 1. The van der Waals surface area contributed by atoms with Gasteiger partial charge >= 0.3 is 0 Å². The standard InChI is InChI=1S/C28H41N3O3/c1-6-21-23(25(32)29-26-27(2,3)19-10-11-28(26,4)18-19)20-8-7-9-22(33-5)24(20)31(21)13-12-30-14-16-34-17-15-30/h7-9,19,26H,6,10-18H2,1-5H3,(H,29,32)/t19?,26-,28?/m1/s1. The van der Waals surface area contributed by atoms with Crippen LogP contribution in [0.25, 0.3) is 10.9 Å². The summed E-state index contributed by atoms with van der Waals surface area (Å²) in [5, 5.41) is 4.56. The molecule has 2 bridgehead atoms. The summed E-state index contributed by atoms with van der Waals surface area (Å²) >= 11 is 0. The second-order valence-electron chi connectivity index (χ2n) is 11.5. The highest BCUT2D eigenvalue weighted by Crippen LogP contribution is 2.62. The summed E-state index contributed by atoms with van der Waals surface area (Å²) in [5.74, 6) is 1.61. The Morgan fingerprint density at radius 2 is 1.97 bits per heavy atom. The lowest BCUT2D eigenvalue weighted by molar-refractivity contribution is 0.0364. The number of fused-ring (bicyclic) bond motifs is 3. The summed E-state index contributed by atoms with van der Waals surface area (Å²) in [6.07, 6.45) is 4.52. The second-order valence-corrected chi connectivity index (χ2v) is 11.5. The van der Waals surface area contributed by atoms with Crippen molar-refractivity contribution in [1.82, 2.24) is 14.8 Å². The fourth-order valence-electron chi connectivity index (χ4n) is 7.39. The molecule has 6 heteroatoms. The van der Waals surface area contributed by atoms with Crippen LogP contribution in [0, 0.1) is 16.7 Å².